The molecular formula is C34H37F2NO6. The Morgan fingerprint density at radius 3 is 2.30 bits per heavy atom. The van der Waals surface area contributed by atoms with Gasteiger partial charge in [0.1, 0.15) is 0 Å². The predicted molar refractivity (Wildman–Crippen MR) is 158 cm³/mol. The van der Waals surface area contributed by atoms with Crippen LogP contribution in [0, 0.1) is 32.4 Å². The number of ether oxygens (including phenoxy) is 3. The summed E-state index contributed by atoms with van der Waals surface area (Å²) in [5, 5.41) is 10.5. The molecule has 228 valence electrons. The molecule has 43 heavy (non-hydrogen) atoms. The number of para-hydroxylation sites is 1. The van der Waals surface area contributed by atoms with Crippen molar-refractivity contribution >= 4 is 11.9 Å². The topological polar surface area (TPSA) is 85.3 Å². The zero-order chi connectivity index (χ0) is 31.4. The summed E-state index contributed by atoms with van der Waals surface area (Å²) in [4.78, 5) is 28.1. The maximum Gasteiger partial charge on any atom is 0.337 e. The van der Waals surface area contributed by atoms with Crippen molar-refractivity contribution in [3.63, 3.8) is 0 Å². The lowest BCUT2D eigenvalue weighted by Crippen LogP contribution is -2.29. The van der Waals surface area contributed by atoms with Crippen LogP contribution in [0.5, 0.6) is 11.5 Å². The first-order valence-corrected chi connectivity index (χ1v) is 14.4. The molecule has 7 nitrogen and oxygen atoms in total. The molecule has 0 fully saturated rings. The molecule has 2 aliphatic rings. The van der Waals surface area contributed by atoms with Crippen LogP contribution < -0.4 is 9.47 Å². The van der Waals surface area contributed by atoms with Gasteiger partial charge < -0.3 is 24.2 Å². The lowest BCUT2D eigenvalue weighted by atomic mass is 9.81. The van der Waals surface area contributed by atoms with Crippen molar-refractivity contribution < 1.29 is 37.7 Å². The third-order valence-electron chi connectivity index (χ3n) is 8.37. The van der Waals surface area contributed by atoms with E-state index < -0.39 is 35.2 Å². The van der Waals surface area contributed by atoms with Gasteiger partial charge in [-0.25, -0.2) is 13.6 Å². The third kappa shape index (κ3) is 5.35. The third-order valence-corrected chi connectivity index (χ3v) is 8.37. The Hall–Kier alpha value is -3.98. The second kappa shape index (κ2) is 11.3. The van der Waals surface area contributed by atoms with Crippen LogP contribution in [0.1, 0.15) is 82.6 Å². The summed E-state index contributed by atoms with van der Waals surface area (Å²) in [7, 11) is 1.31. The normalized spacial score (nSPS) is 15.0. The van der Waals surface area contributed by atoms with Crippen molar-refractivity contribution in [1.29, 1.82) is 0 Å². The summed E-state index contributed by atoms with van der Waals surface area (Å²) in [5.41, 5.74) is 5.47. The lowest BCUT2D eigenvalue weighted by molar-refractivity contribution is -0.160. The Morgan fingerprint density at radius 1 is 1.00 bits per heavy atom. The van der Waals surface area contributed by atoms with E-state index in [4.69, 9.17) is 14.2 Å². The van der Waals surface area contributed by atoms with Crippen LogP contribution in [0.25, 0.3) is 11.1 Å². The van der Waals surface area contributed by atoms with Crippen molar-refractivity contribution in [1.82, 2.24) is 4.90 Å². The number of nitrogens with zero attached hydrogens (tertiary/aromatic N) is 1. The van der Waals surface area contributed by atoms with Gasteiger partial charge >= 0.3 is 5.97 Å². The number of methoxy groups -OCH3 is 1. The highest BCUT2D eigenvalue weighted by Crippen LogP contribution is 2.47. The number of fused-ring (bicyclic) bond motifs is 2. The summed E-state index contributed by atoms with van der Waals surface area (Å²) in [6.07, 6.45) is 0.0296. The second-order valence-corrected chi connectivity index (χ2v) is 12.2. The van der Waals surface area contributed by atoms with Gasteiger partial charge in [-0.05, 0) is 112 Å². The number of carbonyl (C=O) groups is 2. The van der Waals surface area contributed by atoms with Gasteiger partial charge in [0, 0.05) is 24.2 Å². The molecule has 1 N–H and O–H groups in total. The molecule has 0 bridgehead atoms. The van der Waals surface area contributed by atoms with Gasteiger partial charge in [-0.3, -0.25) is 4.79 Å². The Morgan fingerprint density at radius 2 is 1.67 bits per heavy atom. The number of halogens is 2. The van der Waals surface area contributed by atoms with Crippen molar-refractivity contribution in [2.75, 3.05) is 13.7 Å². The zero-order valence-corrected chi connectivity index (χ0v) is 25.6. The molecule has 2 heterocycles. The molecule has 5 rings (SSSR count). The molecule has 0 aliphatic carbocycles. The van der Waals surface area contributed by atoms with E-state index >= 15 is 4.39 Å². The van der Waals surface area contributed by atoms with Gasteiger partial charge in [0.05, 0.1) is 24.9 Å². The van der Waals surface area contributed by atoms with Crippen molar-refractivity contribution in [2.24, 2.45) is 0 Å². The van der Waals surface area contributed by atoms with Gasteiger partial charge in [0.2, 0.25) is 0 Å². The largest absolute Gasteiger partial charge is 0.493 e. The Bertz CT molecular complexity index is 1640. The minimum atomic E-state index is -1.36. The first-order valence-electron chi connectivity index (χ1n) is 14.4. The smallest absolute Gasteiger partial charge is 0.337 e. The average molecular weight is 594 g/mol. The minimum absolute atomic E-state index is 0.0955. The van der Waals surface area contributed by atoms with Crippen molar-refractivity contribution in [3.05, 3.63) is 80.4 Å². The molecule has 0 saturated carbocycles. The van der Waals surface area contributed by atoms with Crippen LogP contribution >= 0.6 is 0 Å². The summed E-state index contributed by atoms with van der Waals surface area (Å²) in [6, 6.07) is 5.62. The Labute approximate surface area is 250 Å². The van der Waals surface area contributed by atoms with Crippen LogP contribution in [-0.4, -0.2) is 41.2 Å². The molecule has 9 heteroatoms. The van der Waals surface area contributed by atoms with Crippen LogP contribution in [0.3, 0.4) is 0 Å². The van der Waals surface area contributed by atoms with E-state index in [1.165, 1.54) is 31.4 Å². The van der Waals surface area contributed by atoms with Crippen LogP contribution in [0.2, 0.25) is 0 Å². The highest BCUT2D eigenvalue weighted by atomic mass is 19.1. The first kappa shape index (κ1) is 30.5. The van der Waals surface area contributed by atoms with Crippen LogP contribution in [0.15, 0.2) is 24.3 Å². The maximum absolute atomic E-state index is 15.6. The van der Waals surface area contributed by atoms with E-state index in [1.807, 2.05) is 20.8 Å². The van der Waals surface area contributed by atoms with Crippen LogP contribution in [-0.2, 0) is 29.0 Å². The van der Waals surface area contributed by atoms with E-state index in [0.29, 0.717) is 35.3 Å². The molecule has 0 saturated heterocycles. The SMILES string of the molecule is COc1c(F)cccc1C(=O)N1Cc2c(C)c(-c3cc(F)c4c(c3C)CCCO4)c([C@H](OC(C)(C)C)C(=O)O)c(C)c2C1. The number of amides is 1. The number of benzene rings is 3. The molecule has 3 aromatic carbocycles. The number of aliphatic carboxylic acids is 1. The minimum Gasteiger partial charge on any atom is -0.493 e. The van der Waals surface area contributed by atoms with E-state index in [-0.39, 0.29) is 30.2 Å². The zero-order valence-electron chi connectivity index (χ0n) is 25.6. The summed E-state index contributed by atoms with van der Waals surface area (Å²) < 4.78 is 47.1. The number of carbonyl (C=O) groups excluding carboxylic acids is 1. The van der Waals surface area contributed by atoms with E-state index in [2.05, 4.69) is 0 Å². The van der Waals surface area contributed by atoms with Gasteiger partial charge in [-0.15, -0.1) is 0 Å². The standard InChI is InChI=1S/C34H37F2NO6/c1-17-20-11-9-13-42-30(20)26(36)14-22(17)27-18(2)23-15-37(32(38)21-10-8-12-25(35)29(21)41-7)16-24(23)19(3)28(27)31(33(39)40)43-34(4,5)6/h8,10,12,14,31H,9,11,13,15-16H2,1-7H3,(H,39,40)/t31-/m0/s1. The summed E-state index contributed by atoms with van der Waals surface area (Å²) >= 11 is 0. The quantitative estimate of drug-likeness (QED) is 0.332. The highest BCUT2D eigenvalue weighted by molar-refractivity contribution is 5.97. The van der Waals surface area contributed by atoms with Gasteiger partial charge in [-0.2, -0.15) is 0 Å². The highest BCUT2D eigenvalue weighted by Gasteiger charge is 2.38. The molecular weight excluding hydrogens is 556 g/mol. The average Bonchev–Trinajstić information content (AvgIpc) is 3.41. The number of carboxylic acid groups (broad SMARTS) is 1. The van der Waals surface area contributed by atoms with Gasteiger partial charge in [-0.1, -0.05) is 6.07 Å². The second-order valence-electron chi connectivity index (χ2n) is 12.2. The predicted octanol–water partition coefficient (Wildman–Crippen LogP) is 6.99. The number of rotatable bonds is 6. The fraction of sp³-hybridized carbons (Fsp3) is 0.412. The summed E-state index contributed by atoms with van der Waals surface area (Å²) in [5.74, 6) is -2.62. The van der Waals surface area contributed by atoms with Crippen molar-refractivity contribution in [3.8, 4) is 22.6 Å². The molecule has 0 spiro atoms. The maximum atomic E-state index is 15.6. The first-order chi connectivity index (χ1) is 20.2. The van der Waals surface area contributed by atoms with Gasteiger partial charge in [0.15, 0.2) is 29.2 Å². The number of carboxylic acids is 1. The van der Waals surface area contributed by atoms with Crippen LogP contribution in [0.4, 0.5) is 8.78 Å². The molecule has 0 unspecified atom stereocenters. The molecule has 0 radical (unpaired) electrons. The molecule has 3 aromatic rings. The molecule has 0 aromatic heterocycles. The van der Waals surface area contributed by atoms with E-state index in [0.717, 1.165) is 34.2 Å². The molecule has 1 atom stereocenters. The van der Waals surface area contributed by atoms with E-state index in [1.54, 1.807) is 25.7 Å². The molecule has 1 amide bonds. The summed E-state index contributed by atoms with van der Waals surface area (Å²) in [6.45, 7) is 11.8. The van der Waals surface area contributed by atoms with Gasteiger partial charge in [0.25, 0.3) is 5.91 Å². The number of hydrogen-bond acceptors (Lipinski definition) is 5. The van der Waals surface area contributed by atoms with E-state index in [9.17, 15) is 19.1 Å². The fourth-order valence-electron chi connectivity index (χ4n) is 6.40. The Kier molecular flexibility index (Phi) is 7.98. The monoisotopic (exact) mass is 593 g/mol. The van der Waals surface area contributed by atoms with Crippen molar-refractivity contribution in [2.45, 2.75) is 79.2 Å². The molecule has 2 aliphatic heterocycles. The number of hydrogen-bond donors (Lipinski definition) is 1. The fourth-order valence-corrected chi connectivity index (χ4v) is 6.40. The Balaban J connectivity index is 1.74. The lowest BCUT2D eigenvalue weighted by Gasteiger charge is -2.31.